The Balaban J connectivity index is 1.75. The van der Waals surface area contributed by atoms with Gasteiger partial charge in [-0.25, -0.2) is 4.79 Å². The number of hydrogen-bond donors (Lipinski definition) is 0. The Morgan fingerprint density at radius 3 is 2.75 bits per heavy atom. The first-order chi connectivity index (χ1) is 11.5. The number of ether oxygens (including phenoxy) is 1. The molecule has 24 heavy (non-hydrogen) atoms. The molecule has 0 bridgehead atoms. The maximum absolute atomic E-state index is 12.6. The molecule has 0 unspecified atom stereocenters. The van der Waals surface area contributed by atoms with Gasteiger partial charge in [0.15, 0.2) is 6.10 Å². The molecule has 1 atom stereocenters. The fraction of sp³-hybridized carbons (Fsp3) is 0.222. The first-order valence-corrected chi connectivity index (χ1v) is 8.19. The molecular formula is C18H15Cl2NO3. The van der Waals surface area contributed by atoms with Crippen molar-refractivity contribution in [2.45, 2.75) is 19.1 Å². The Hall–Kier alpha value is -2.04. The van der Waals surface area contributed by atoms with E-state index in [1.165, 1.54) is 4.90 Å². The summed E-state index contributed by atoms with van der Waals surface area (Å²) in [4.78, 5) is 26.2. The lowest BCUT2D eigenvalue weighted by Crippen LogP contribution is -2.42. The van der Waals surface area contributed by atoms with Crippen LogP contribution < -0.4 is 0 Å². The average Bonchev–Trinajstić information content (AvgIpc) is 2.58. The molecule has 2 aromatic rings. The third-order valence-corrected chi connectivity index (χ3v) is 4.84. The Morgan fingerprint density at radius 2 is 1.96 bits per heavy atom. The van der Waals surface area contributed by atoms with Crippen LogP contribution in [0.25, 0.3) is 0 Å². The van der Waals surface area contributed by atoms with E-state index in [1.807, 2.05) is 12.1 Å². The number of nitrogens with zero attached hydrogens (tertiary/aromatic N) is 1. The number of carbonyl (C=O) groups excluding carboxylic acids is 2. The second kappa shape index (κ2) is 6.83. The first kappa shape index (κ1) is 16.8. The van der Waals surface area contributed by atoms with Gasteiger partial charge < -0.3 is 9.64 Å². The second-order valence-corrected chi connectivity index (χ2v) is 6.45. The van der Waals surface area contributed by atoms with Gasteiger partial charge in [0, 0.05) is 20.0 Å². The highest BCUT2D eigenvalue weighted by Crippen LogP contribution is 2.27. The Morgan fingerprint density at radius 1 is 1.21 bits per heavy atom. The monoisotopic (exact) mass is 363 g/mol. The van der Waals surface area contributed by atoms with Crippen LogP contribution in [0.3, 0.4) is 0 Å². The summed E-state index contributed by atoms with van der Waals surface area (Å²) >= 11 is 12.2. The first-order valence-electron chi connectivity index (χ1n) is 7.44. The lowest BCUT2D eigenvalue weighted by molar-refractivity contribution is -0.140. The Kier molecular flexibility index (Phi) is 4.78. The van der Waals surface area contributed by atoms with Gasteiger partial charge in [-0.3, -0.25) is 4.79 Å². The topological polar surface area (TPSA) is 46.6 Å². The van der Waals surface area contributed by atoms with Gasteiger partial charge in [0.1, 0.15) is 0 Å². The summed E-state index contributed by atoms with van der Waals surface area (Å²) in [6, 6.07) is 12.4. The van der Waals surface area contributed by atoms with Gasteiger partial charge >= 0.3 is 5.97 Å². The van der Waals surface area contributed by atoms with Crippen molar-refractivity contribution in [1.29, 1.82) is 0 Å². The van der Waals surface area contributed by atoms with Crippen LogP contribution in [-0.2, 0) is 22.5 Å². The number of halogens is 2. The fourth-order valence-corrected chi connectivity index (χ4v) is 3.10. The number of likely N-dealkylation sites (N-methyl/N-ethyl adjacent to an activating group) is 1. The number of fused-ring (bicyclic) bond motifs is 1. The molecule has 0 fully saturated rings. The minimum atomic E-state index is -0.824. The van der Waals surface area contributed by atoms with Crippen LogP contribution in [0.15, 0.2) is 42.5 Å². The van der Waals surface area contributed by atoms with Crippen molar-refractivity contribution < 1.29 is 14.3 Å². The van der Waals surface area contributed by atoms with E-state index in [0.29, 0.717) is 22.0 Å². The summed E-state index contributed by atoms with van der Waals surface area (Å²) in [5.74, 6) is -0.738. The lowest BCUT2D eigenvalue weighted by atomic mass is 9.98. The largest absolute Gasteiger partial charge is 0.448 e. The Labute approximate surface area is 149 Å². The molecule has 1 aliphatic rings. The summed E-state index contributed by atoms with van der Waals surface area (Å²) in [6.07, 6.45) is -0.454. The normalized spacial score (nSPS) is 16.3. The number of esters is 1. The molecule has 1 heterocycles. The van der Waals surface area contributed by atoms with Crippen LogP contribution in [0.5, 0.6) is 0 Å². The fourth-order valence-electron chi connectivity index (χ4n) is 2.72. The van der Waals surface area contributed by atoms with E-state index in [9.17, 15) is 9.59 Å². The van der Waals surface area contributed by atoms with Crippen molar-refractivity contribution >= 4 is 35.1 Å². The van der Waals surface area contributed by atoms with Gasteiger partial charge in [0.2, 0.25) is 0 Å². The van der Waals surface area contributed by atoms with Crippen molar-refractivity contribution in [2.75, 3.05) is 7.05 Å². The molecule has 1 amide bonds. The molecule has 0 saturated carbocycles. The van der Waals surface area contributed by atoms with E-state index in [4.69, 9.17) is 27.9 Å². The molecular weight excluding hydrogens is 349 g/mol. The van der Waals surface area contributed by atoms with Crippen LogP contribution in [0.2, 0.25) is 10.0 Å². The van der Waals surface area contributed by atoms with Gasteiger partial charge in [-0.2, -0.15) is 0 Å². The molecule has 124 valence electrons. The summed E-state index contributed by atoms with van der Waals surface area (Å²) in [6.45, 7) is 0.286. The van der Waals surface area contributed by atoms with E-state index in [1.54, 1.807) is 37.4 Å². The highest BCUT2D eigenvalue weighted by atomic mass is 35.5. The van der Waals surface area contributed by atoms with Gasteiger partial charge in [-0.1, -0.05) is 53.5 Å². The maximum atomic E-state index is 12.6. The summed E-state index contributed by atoms with van der Waals surface area (Å²) < 4.78 is 5.30. The quantitative estimate of drug-likeness (QED) is 0.780. The smallest absolute Gasteiger partial charge is 0.339 e. The minimum Gasteiger partial charge on any atom is -0.448 e. The van der Waals surface area contributed by atoms with Crippen LogP contribution in [0.4, 0.5) is 0 Å². The zero-order valence-corrected chi connectivity index (χ0v) is 14.5. The summed E-state index contributed by atoms with van der Waals surface area (Å²) in [7, 11) is 1.65. The van der Waals surface area contributed by atoms with E-state index in [-0.39, 0.29) is 12.5 Å². The molecule has 2 aromatic carbocycles. The number of rotatable bonds is 3. The molecule has 0 spiro atoms. The van der Waals surface area contributed by atoms with Gasteiger partial charge in [0.25, 0.3) is 5.91 Å². The van der Waals surface area contributed by atoms with Crippen molar-refractivity contribution in [3.05, 3.63) is 69.2 Å². The number of carbonyl (C=O) groups is 2. The molecule has 3 rings (SSSR count). The van der Waals surface area contributed by atoms with Crippen LogP contribution in [0, 0.1) is 0 Å². The molecule has 1 aliphatic heterocycles. The number of amides is 1. The third kappa shape index (κ3) is 3.25. The molecule has 0 radical (unpaired) electrons. The molecule has 0 saturated heterocycles. The van der Waals surface area contributed by atoms with Crippen LogP contribution >= 0.6 is 23.2 Å². The highest BCUT2D eigenvalue weighted by Gasteiger charge is 2.32. The van der Waals surface area contributed by atoms with E-state index >= 15 is 0 Å². The number of benzene rings is 2. The van der Waals surface area contributed by atoms with E-state index in [2.05, 4.69) is 0 Å². The lowest BCUT2D eigenvalue weighted by Gasteiger charge is -2.28. The standard InChI is InChI=1S/C18H15Cl2NO3/c1-21(10-12-6-4-8-14(19)16(12)20)17(22)15-9-11-5-2-3-7-13(11)18(23)24-15/h2-8,15H,9-10H2,1H3/t15-/m0/s1. The molecule has 0 aromatic heterocycles. The van der Waals surface area contributed by atoms with Crippen LogP contribution in [0.1, 0.15) is 21.5 Å². The van der Waals surface area contributed by atoms with Crippen molar-refractivity contribution in [3.8, 4) is 0 Å². The van der Waals surface area contributed by atoms with Crippen molar-refractivity contribution in [3.63, 3.8) is 0 Å². The SMILES string of the molecule is CN(Cc1cccc(Cl)c1Cl)C(=O)[C@@H]1Cc2ccccc2C(=O)O1. The molecule has 0 N–H and O–H groups in total. The van der Waals surface area contributed by atoms with Gasteiger partial charge in [0.05, 0.1) is 15.6 Å². The zero-order valence-electron chi connectivity index (χ0n) is 13.0. The van der Waals surface area contributed by atoms with Gasteiger partial charge in [-0.15, -0.1) is 0 Å². The molecule has 0 aliphatic carbocycles. The molecule has 6 heteroatoms. The molecule has 4 nitrogen and oxygen atoms in total. The zero-order chi connectivity index (χ0) is 17.3. The van der Waals surface area contributed by atoms with Gasteiger partial charge in [-0.05, 0) is 23.3 Å². The van der Waals surface area contributed by atoms with E-state index in [0.717, 1.165) is 11.1 Å². The summed E-state index contributed by atoms with van der Waals surface area (Å²) in [5.41, 5.74) is 2.07. The minimum absolute atomic E-state index is 0.270. The number of hydrogen-bond acceptors (Lipinski definition) is 3. The van der Waals surface area contributed by atoms with Crippen molar-refractivity contribution in [2.24, 2.45) is 0 Å². The average molecular weight is 364 g/mol. The maximum Gasteiger partial charge on any atom is 0.339 e. The predicted molar refractivity (Wildman–Crippen MR) is 92.3 cm³/mol. The van der Waals surface area contributed by atoms with E-state index < -0.39 is 12.1 Å². The van der Waals surface area contributed by atoms with Crippen LogP contribution in [-0.4, -0.2) is 29.9 Å². The second-order valence-electron chi connectivity index (χ2n) is 5.66. The Bertz CT molecular complexity index is 807. The predicted octanol–water partition coefficient (Wildman–Crippen LogP) is 3.73. The number of cyclic esters (lactones) is 1. The highest BCUT2D eigenvalue weighted by molar-refractivity contribution is 6.42. The summed E-state index contributed by atoms with van der Waals surface area (Å²) in [5, 5.41) is 0.859. The third-order valence-electron chi connectivity index (χ3n) is 3.98. The van der Waals surface area contributed by atoms with Crippen molar-refractivity contribution in [1.82, 2.24) is 4.90 Å².